The summed E-state index contributed by atoms with van der Waals surface area (Å²) >= 11 is 0. The minimum atomic E-state index is -0.380. The average molecular weight is 278 g/mol. The maximum atomic E-state index is 12.3. The van der Waals surface area contributed by atoms with Gasteiger partial charge < -0.3 is 20.1 Å². The number of likely N-dealkylation sites (tertiary alicyclic amines) is 1. The number of methoxy groups -OCH3 is 1. The number of urea groups is 1. The Balaban J connectivity index is 1.96. The van der Waals surface area contributed by atoms with Crippen molar-refractivity contribution >= 4 is 11.7 Å². The molecule has 0 aromatic heterocycles. The number of anilines is 1. The van der Waals surface area contributed by atoms with Gasteiger partial charge in [0, 0.05) is 18.3 Å². The van der Waals surface area contributed by atoms with Crippen molar-refractivity contribution in [2.24, 2.45) is 0 Å². The van der Waals surface area contributed by atoms with Crippen LogP contribution < -0.4 is 10.1 Å². The predicted molar refractivity (Wildman–Crippen MR) is 78.0 cm³/mol. The van der Waals surface area contributed by atoms with E-state index in [4.69, 9.17) is 4.74 Å². The van der Waals surface area contributed by atoms with E-state index in [2.05, 4.69) is 5.32 Å². The van der Waals surface area contributed by atoms with E-state index in [-0.39, 0.29) is 18.2 Å². The van der Waals surface area contributed by atoms with Crippen molar-refractivity contribution < 1.29 is 14.6 Å². The van der Waals surface area contributed by atoms with Gasteiger partial charge in [-0.2, -0.15) is 0 Å². The molecule has 1 heterocycles. The molecule has 2 atom stereocenters. The molecule has 1 aliphatic heterocycles. The quantitative estimate of drug-likeness (QED) is 0.889. The van der Waals surface area contributed by atoms with Gasteiger partial charge in [-0.05, 0) is 50.5 Å². The van der Waals surface area contributed by atoms with Gasteiger partial charge in [0.05, 0.1) is 13.2 Å². The number of benzene rings is 1. The Morgan fingerprint density at radius 1 is 1.50 bits per heavy atom. The lowest BCUT2D eigenvalue weighted by atomic mass is 10.1. The van der Waals surface area contributed by atoms with Gasteiger partial charge in [0.25, 0.3) is 0 Å². The Kier molecular flexibility index (Phi) is 4.84. The second-order valence-corrected chi connectivity index (χ2v) is 5.23. The fourth-order valence-corrected chi connectivity index (χ4v) is 2.61. The number of amides is 2. The molecule has 0 saturated carbocycles. The zero-order valence-corrected chi connectivity index (χ0v) is 12.0. The van der Waals surface area contributed by atoms with E-state index in [0.29, 0.717) is 6.42 Å². The van der Waals surface area contributed by atoms with Gasteiger partial charge in [-0.3, -0.25) is 0 Å². The molecule has 20 heavy (non-hydrogen) atoms. The van der Waals surface area contributed by atoms with E-state index in [1.165, 1.54) is 0 Å². The number of carbonyl (C=O) groups excluding carboxylic acids is 1. The fourth-order valence-electron chi connectivity index (χ4n) is 2.61. The molecule has 5 heteroatoms. The van der Waals surface area contributed by atoms with Gasteiger partial charge in [-0.15, -0.1) is 0 Å². The van der Waals surface area contributed by atoms with E-state index in [9.17, 15) is 9.90 Å². The molecule has 1 aliphatic rings. The van der Waals surface area contributed by atoms with Crippen LogP contribution in [0.1, 0.15) is 26.2 Å². The fraction of sp³-hybridized carbons (Fsp3) is 0.533. The average Bonchev–Trinajstić information content (AvgIpc) is 2.87. The third kappa shape index (κ3) is 3.63. The SMILES string of the molecule is COc1ccc(NC(=O)N2CCCC2CC(C)O)cc1. The van der Waals surface area contributed by atoms with Gasteiger partial charge in [-0.1, -0.05) is 0 Å². The van der Waals surface area contributed by atoms with Crippen LogP contribution in [0, 0.1) is 0 Å². The van der Waals surface area contributed by atoms with Crippen LogP contribution in [-0.4, -0.2) is 41.8 Å². The molecule has 5 nitrogen and oxygen atoms in total. The van der Waals surface area contributed by atoms with Crippen molar-refractivity contribution in [3.63, 3.8) is 0 Å². The molecule has 1 aromatic carbocycles. The first-order valence-corrected chi connectivity index (χ1v) is 7.00. The number of carbonyl (C=O) groups is 1. The standard InChI is InChI=1S/C15H22N2O3/c1-11(18)10-13-4-3-9-17(13)15(19)16-12-5-7-14(20-2)8-6-12/h5-8,11,13,18H,3-4,9-10H2,1-2H3,(H,16,19). The van der Waals surface area contributed by atoms with E-state index >= 15 is 0 Å². The number of hydrogen-bond acceptors (Lipinski definition) is 3. The lowest BCUT2D eigenvalue weighted by Crippen LogP contribution is -2.40. The van der Waals surface area contributed by atoms with Crippen molar-refractivity contribution in [2.75, 3.05) is 19.0 Å². The molecule has 1 aromatic rings. The molecular formula is C15H22N2O3. The molecule has 2 N–H and O–H groups in total. The van der Waals surface area contributed by atoms with Crippen molar-refractivity contribution in [1.29, 1.82) is 0 Å². The Morgan fingerprint density at radius 2 is 2.20 bits per heavy atom. The summed E-state index contributed by atoms with van der Waals surface area (Å²) in [5.74, 6) is 0.760. The van der Waals surface area contributed by atoms with Crippen LogP contribution in [0.25, 0.3) is 0 Å². The van der Waals surface area contributed by atoms with Crippen LogP contribution in [0.3, 0.4) is 0 Å². The second-order valence-electron chi connectivity index (χ2n) is 5.23. The van der Waals surface area contributed by atoms with Crippen LogP contribution in [0.5, 0.6) is 5.75 Å². The minimum absolute atomic E-state index is 0.0988. The summed E-state index contributed by atoms with van der Waals surface area (Å²) in [5, 5.41) is 12.4. The highest BCUT2D eigenvalue weighted by atomic mass is 16.5. The molecule has 0 aliphatic carbocycles. The molecule has 2 unspecified atom stereocenters. The molecule has 2 rings (SSSR count). The third-order valence-corrected chi connectivity index (χ3v) is 3.59. The summed E-state index contributed by atoms with van der Waals surface area (Å²) in [6, 6.07) is 7.29. The zero-order valence-electron chi connectivity index (χ0n) is 12.0. The first kappa shape index (κ1) is 14.7. The van der Waals surface area contributed by atoms with Crippen LogP contribution in [0.2, 0.25) is 0 Å². The summed E-state index contributed by atoms with van der Waals surface area (Å²) in [5.41, 5.74) is 0.749. The predicted octanol–water partition coefficient (Wildman–Crippen LogP) is 2.46. The summed E-state index contributed by atoms with van der Waals surface area (Å²) in [6.45, 7) is 2.51. The summed E-state index contributed by atoms with van der Waals surface area (Å²) < 4.78 is 5.08. The lowest BCUT2D eigenvalue weighted by Gasteiger charge is -2.26. The first-order chi connectivity index (χ1) is 9.60. The number of rotatable bonds is 4. The lowest BCUT2D eigenvalue weighted by molar-refractivity contribution is 0.142. The smallest absolute Gasteiger partial charge is 0.322 e. The van der Waals surface area contributed by atoms with E-state index in [1.54, 1.807) is 14.0 Å². The van der Waals surface area contributed by atoms with Crippen LogP contribution in [0.4, 0.5) is 10.5 Å². The van der Waals surface area contributed by atoms with Crippen molar-refractivity contribution in [1.82, 2.24) is 4.90 Å². The second kappa shape index (κ2) is 6.61. The number of hydrogen-bond donors (Lipinski definition) is 2. The number of aliphatic hydroxyl groups excluding tert-OH is 1. The number of nitrogens with one attached hydrogen (secondary N) is 1. The maximum absolute atomic E-state index is 12.3. The largest absolute Gasteiger partial charge is 0.497 e. The minimum Gasteiger partial charge on any atom is -0.497 e. The maximum Gasteiger partial charge on any atom is 0.322 e. The zero-order chi connectivity index (χ0) is 14.5. The molecule has 0 spiro atoms. The Morgan fingerprint density at radius 3 is 2.80 bits per heavy atom. The van der Waals surface area contributed by atoms with Gasteiger partial charge in [0.2, 0.25) is 0 Å². The van der Waals surface area contributed by atoms with Gasteiger partial charge in [-0.25, -0.2) is 4.79 Å². The molecule has 2 amide bonds. The number of aliphatic hydroxyl groups is 1. The third-order valence-electron chi connectivity index (χ3n) is 3.59. The highest BCUT2D eigenvalue weighted by molar-refractivity contribution is 5.89. The summed E-state index contributed by atoms with van der Waals surface area (Å²) in [7, 11) is 1.61. The van der Waals surface area contributed by atoms with Crippen molar-refractivity contribution in [2.45, 2.75) is 38.3 Å². The van der Waals surface area contributed by atoms with E-state index < -0.39 is 0 Å². The normalized spacial score (nSPS) is 19.8. The van der Waals surface area contributed by atoms with Gasteiger partial charge >= 0.3 is 6.03 Å². The van der Waals surface area contributed by atoms with Crippen LogP contribution >= 0.6 is 0 Å². The number of nitrogens with zero attached hydrogens (tertiary/aromatic N) is 1. The van der Waals surface area contributed by atoms with E-state index in [0.717, 1.165) is 30.8 Å². The van der Waals surface area contributed by atoms with Crippen LogP contribution in [-0.2, 0) is 0 Å². The van der Waals surface area contributed by atoms with Gasteiger partial charge in [0.15, 0.2) is 0 Å². The highest BCUT2D eigenvalue weighted by Gasteiger charge is 2.29. The summed E-state index contributed by atoms with van der Waals surface area (Å²) in [6.07, 6.45) is 2.21. The first-order valence-electron chi connectivity index (χ1n) is 7.00. The Hall–Kier alpha value is -1.75. The molecular weight excluding hydrogens is 256 g/mol. The van der Waals surface area contributed by atoms with Gasteiger partial charge in [0.1, 0.15) is 5.75 Å². The molecule has 1 fully saturated rings. The van der Waals surface area contributed by atoms with Crippen molar-refractivity contribution in [3.8, 4) is 5.75 Å². The van der Waals surface area contributed by atoms with Crippen LogP contribution in [0.15, 0.2) is 24.3 Å². The highest BCUT2D eigenvalue weighted by Crippen LogP contribution is 2.23. The topological polar surface area (TPSA) is 61.8 Å². The molecule has 1 saturated heterocycles. The van der Waals surface area contributed by atoms with Crippen molar-refractivity contribution in [3.05, 3.63) is 24.3 Å². The Labute approximate surface area is 119 Å². The number of ether oxygens (including phenoxy) is 1. The summed E-state index contributed by atoms with van der Waals surface area (Å²) in [4.78, 5) is 14.1. The molecule has 110 valence electrons. The monoisotopic (exact) mass is 278 g/mol. The Bertz CT molecular complexity index is 445. The molecule has 0 bridgehead atoms. The molecule has 0 radical (unpaired) electrons. The van der Waals surface area contributed by atoms with E-state index in [1.807, 2.05) is 29.2 Å².